The molecule has 0 atom stereocenters. The number of anilines is 1. The first-order chi connectivity index (χ1) is 21.8. The predicted octanol–water partition coefficient (Wildman–Crippen LogP) is 0.923. The van der Waals surface area contributed by atoms with E-state index in [1.165, 1.54) is 24.3 Å². The Bertz CT molecular complexity index is 2120. The van der Waals surface area contributed by atoms with E-state index in [-0.39, 0.29) is 32.3 Å². The summed E-state index contributed by atoms with van der Waals surface area (Å²) in [6.45, 7) is -3.04. The van der Waals surface area contributed by atoms with E-state index in [2.05, 4.69) is 0 Å². The van der Waals surface area contributed by atoms with Crippen LogP contribution in [0.25, 0.3) is 32.3 Å². The molecule has 258 valence electrons. The van der Waals surface area contributed by atoms with Crippen LogP contribution in [0.5, 0.6) is 0 Å². The van der Waals surface area contributed by atoms with E-state index in [4.69, 9.17) is 0 Å². The van der Waals surface area contributed by atoms with Crippen LogP contribution in [0.4, 0.5) is 18.9 Å². The molecular weight excluding hydrogens is 694 g/mol. The fraction of sp³-hybridized carbons (Fsp3) is 0.370. The molecule has 14 nitrogen and oxygen atoms in total. The van der Waals surface area contributed by atoms with Crippen LogP contribution in [-0.4, -0.2) is 126 Å². The summed E-state index contributed by atoms with van der Waals surface area (Å²) in [5.74, 6) is -2.44. The fourth-order valence-electron chi connectivity index (χ4n) is 5.12. The minimum Gasteiger partial charge on any atom is -0.395 e. The van der Waals surface area contributed by atoms with Crippen molar-refractivity contribution >= 4 is 74.0 Å². The zero-order valence-corrected chi connectivity index (χ0v) is 27.6. The van der Waals surface area contributed by atoms with Crippen molar-refractivity contribution in [2.24, 2.45) is 0 Å². The molecule has 0 aliphatic rings. The second-order valence-corrected chi connectivity index (χ2v) is 16.5. The molecule has 0 spiro atoms. The lowest BCUT2D eigenvalue weighted by Gasteiger charge is -2.25. The number of halogens is 3. The normalized spacial score (nSPS) is 13.6. The van der Waals surface area contributed by atoms with Gasteiger partial charge in [-0.25, -0.2) is 25.3 Å². The molecule has 4 rings (SSSR count). The van der Waals surface area contributed by atoms with Gasteiger partial charge < -0.3 is 20.6 Å². The van der Waals surface area contributed by atoms with Gasteiger partial charge in [0.2, 0.25) is 30.1 Å². The highest BCUT2D eigenvalue weighted by Gasteiger charge is 2.40. The third-order valence-corrected chi connectivity index (χ3v) is 13.3. The van der Waals surface area contributed by atoms with Crippen molar-refractivity contribution in [3.8, 4) is 0 Å². The molecule has 1 amide bonds. The van der Waals surface area contributed by atoms with E-state index in [1.807, 2.05) is 0 Å². The Morgan fingerprint density at radius 2 is 0.957 bits per heavy atom. The van der Waals surface area contributed by atoms with Crippen molar-refractivity contribution in [2.45, 2.75) is 20.9 Å². The van der Waals surface area contributed by atoms with Crippen molar-refractivity contribution in [3.63, 3.8) is 0 Å². The number of sulfonamides is 3. The van der Waals surface area contributed by atoms with Crippen molar-refractivity contribution in [1.29, 1.82) is 0 Å². The number of aliphatic hydroxyl groups is 3. The zero-order valence-electron chi connectivity index (χ0n) is 25.1. The molecule has 4 N–H and O–H groups in total. The Kier molecular flexibility index (Phi) is 10.1. The van der Waals surface area contributed by atoms with Crippen molar-refractivity contribution < 1.29 is 58.5 Å². The Labute approximate surface area is 268 Å². The Hall–Kier alpha value is -3.21. The zero-order chi connectivity index (χ0) is 35.3. The molecule has 0 bridgehead atoms. The van der Waals surface area contributed by atoms with Gasteiger partial charge in [0, 0.05) is 73.1 Å². The van der Waals surface area contributed by atoms with Crippen LogP contribution in [0.1, 0.15) is 0 Å². The van der Waals surface area contributed by atoms with E-state index in [0.717, 1.165) is 41.9 Å². The molecule has 0 aromatic heterocycles. The molecule has 0 aliphatic heterocycles. The van der Waals surface area contributed by atoms with Crippen LogP contribution in [0, 0.1) is 0 Å². The first-order valence-corrected chi connectivity index (χ1v) is 18.0. The maximum atomic E-state index is 13.8. The summed E-state index contributed by atoms with van der Waals surface area (Å²) >= 11 is 0. The number of alkyl halides is 3. The number of likely N-dealkylation sites (N-methyl/N-ethyl adjacent to an activating group) is 3. The Morgan fingerprint density at radius 3 is 1.30 bits per heavy atom. The van der Waals surface area contributed by atoms with Gasteiger partial charge in [0.05, 0.1) is 40.2 Å². The Morgan fingerprint density at radius 1 is 0.638 bits per heavy atom. The van der Waals surface area contributed by atoms with Crippen molar-refractivity contribution in [3.05, 3.63) is 36.4 Å². The number of amides is 1. The largest absolute Gasteiger partial charge is 0.471 e. The number of benzene rings is 4. The first-order valence-electron chi connectivity index (χ1n) is 13.6. The highest BCUT2D eigenvalue weighted by molar-refractivity contribution is 7.90. The van der Waals surface area contributed by atoms with Crippen molar-refractivity contribution in [1.82, 2.24) is 12.9 Å². The van der Waals surface area contributed by atoms with Crippen molar-refractivity contribution in [2.75, 3.05) is 65.9 Å². The maximum absolute atomic E-state index is 13.8. The van der Waals surface area contributed by atoms with E-state index in [0.29, 0.717) is 4.31 Å². The third-order valence-electron chi connectivity index (χ3n) is 7.60. The van der Waals surface area contributed by atoms with Gasteiger partial charge in [-0.15, -0.1) is 0 Å². The molecule has 4 aromatic rings. The SMILES string of the molecule is CN(CCO)S(=O)(=O)c1cc(NC(=O)C(F)(F)F)c2ccc3c(S(=O)(=O)N(C)CCO)cc(S(=O)(=O)N(C)CCO)c4ccc1c2c34. The lowest BCUT2D eigenvalue weighted by molar-refractivity contribution is -0.167. The summed E-state index contributed by atoms with van der Waals surface area (Å²) in [6.07, 6.45) is -5.40. The topological polar surface area (TPSA) is 202 Å². The van der Waals surface area contributed by atoms with Crippen LogP contribution in [0.2, 0.25) is 0 Å². The van der Waals surface area contributed by atoms with E-state index in [1.54, 1.807) is 5.32 Å². The van der Waals surface area contributed by atoms with Crippen LogP contribution in [0.3, 0.4) is 0 Å². The average molecular weight is 725 g/mol. The molecular formula is C27H31F3N4O10S3. The van der Waals surface area contributed by atoms with Gasteiger partial charge in [0.1, 0.15) is 0 Å². The molecule has 20 heteroatoms. The molecule has 0 radical (unpaired) electrons. The standard InChI is InChI=1S/C27H31F3N4O10S3/c1-32(8-11-35)45(39,40)21-14-20(31-26(38)27(28,29)30)16-4-5-18-22(46(41,42)33(2)9-12-36)15-23(47(43,44)34(3)10-13-37)19-7-6-17(21)24(16)25(18)19/h4-7,14-15,35-37H,8-13H2,1-3H3,(H,31,38). The van der Waals surface area contributed by atoms with E-state index < -0.39 is 102 Å². The second kappa shape index (κ2) is 13.0. The summed E-state index contributed by atoms with van der Waals surface area (Å²) in [4.78, 5) is 10.3. The predicted molar refractivity (Wildman–Crippen MR) is 166 cm³/mol. The summed E-state index contributed by atoms with van der Waals surface area (Å²) in [7, 11) is -10.4. The van der Waals surface area contributed by atoms with Gasteiger partial charge in [0.15, 0.2) is 0 Å². The fourth-order valence-corrected chi connectivity index (χ4v) is 9.31. The Balaban J connectivity index is 2.31. The van der Waals surface area contributed by atoms with Gasteiger partial charge in [0.25, 0.3) is 0 Å². The van der Waals surface area contributed by atoms with Crippen LogP contribution >= 0.6 is 0 Å². The first kappa shape index (κ1) is 36.6. The van der Waals surface area contributed by atoms with Crippen LogP contribution in [0.15, 0.2) is 51.1 Å². The third kappa shape index (κ3) is 6.36. The van der Waals surface area contributed by atoms with E-state index in [9.17, 15) is 58.5 Å². The number of rotatable bonds is 13. The molecule has 0 saturated carbocycles. The highest BCUT2D eigenvalue weighted by Crippen LogP contribution is 2.45. The number of carbonyl (C=O) groups excluding carboxylic acids is 1. The molecule has 0 aliphatic carbocycles. The molecule has 0 heterocycles. The highest BCUT2D eigenvalue weighted by atomic mass is 32.2. The molecule has 0 saturated heterocycles. The molecule has 0 fully saturated rings. The number of hydrogen-bond acceptors (Lipinski definition) is 10. The average Bonchev–Trinajstić information content (AvgIpc) is 2.99. The molecule has 0 unspecified atom stereocenters. The maximum Gasteiger partial charge on any atom is 0.471 e. The van der Waals surface area contributed by atoms with Gasteiger partial charge in [-0.2, -0.15) is 26.1 Å². The monoisotopic (exact) mass is 724 g/mol. The van der Waals surface area contributed by atoms with Crippen LogP contribution in [-0.2, 0) is 34.9 Å². The lowest BCUT2D eigenvalue weighted by Crippen LogP contribution is -2.32. The number of nitrogens with one attached hydrogen (secondary N) is 1. The van der Waals surface area contributed by atoms with Gasteiger partial charge in [-0.3, -0.25) is 4.79 Å². The summed E-state index contributed by atoms with van der Waals surface area (Å²) in [6, 6.07) is 6.46. The summed E-state index contributed by atoms with van der Waals surface area (Å²) in [5, 5.41) is 28.9. The van der Waals surface area contributed by atoms with Gasteiger partial charge in [-0.05, 0) is 12.1 Å². The van der Waals surface area contributed by atoms with E-state index >= 15 is 0 Å². The number of carbonyl (C=O) groups is 1. The number of nitrogens with zero attached hydrogens (tertiary/aromatic N) is 3. The lowest BCUT2D eigenvalue weighted by atomic mass is 9.93. The molecule has 47 heavy (non-hydrogen) atoms. The minimum atomic E-state index is -5.40. The number of aliphatic hydroxyl groups excluding tert-OH is 3. The van der Waals surface area contributed by atoms with Crippen LogP contribution < -0.4 is 5.32 Å². The van der Waals surface area contributed by atoms with Gasteiger partial charge in [-0.1, -0.05) is 24.3 Å². The minimum absolute atomic E-state index is 0.141. The molecule has 4 aromatic carbocycles. The summed E-state index contributed by atoms with van der Waals surface area (Å²) in [5.41, 5.74) is -0.627. The number of hydrogen-bond donors (Lipinski definition) is 4. The quantitative estimate of drug-likeness (QED) is 0.144. The smallest absolute Gasteiger partial charge is 0.395 e. The second-order valence-electron chi connectivity index (χ2n) is 10.5. The summed E-state index contributed by atoms with van der Waals surface area (Å²) < 4.78 is 125. The van der Waals surface area contributed by atoms with Gasteiger partial charge >= 0.3 is 12.1 Å².